The predicted octanol–water partition coefficient (Wildman–Crippen LogP) is 3.05. The topological polar surface area (TPSA) is 23.6 Å². The quantitative estimate of drug-likeness (QED) is 0.773. The lowest BCUT2D eigenvalue weighted by Gasteiger charge is -2.25. The first kappa shape index (κ1) is 14.9. The lowest BCUT2D eigenvalue weighted by molar-refractivity contribution is -0.128. The number of carbonyl (C=O) groups is 1. The van der Waals surface area contributed by atoms with E-state index in [4.69, 9.17) is 0 Å². The molecule has 1 unspecified atom stereocenters. The number of thiophene rings is 1. The van der Waals surface area contributed by atoms with Crippen LogP contribution in [0.25, 0.3) is 0 Å². The molecule has 19 heavy (non-hydrogen) atoms. The Morgan fingerprint density at radius 1 is 1.42 bits per heavy atom. The van der Waals surface area contributed by atoms with Gasteiger partial charge in [0.1, 0.15) is 5.37 Å². The maximum Gasteiger partial charge on any atom is 0.233 e. The molecule has 2 heterocycles. The number of amides is 1. The Balaban J connectivity index is 1.88. The molecule has 1 amide bonds. The lowest BCUT2D eigenvalue weighted by Crippen LogP contribution is -2.32. The molecule has 0 N–H and O–H groups in total. The van der Waals surface area contributed by atoms with E-state index in [1.165, 1.54) is 5.56 Å². The van der Waals surface area contributed by atoms with Crippen molar-refractivity contribution in [3.05, 3.63) is 22.4 Å². The second-order valence-corrected chi connectivity index (χ2v) is 6.54. The summed E-state index contributed by atoms with van der Waals surface area (Å²) < 4.78 is 0. The molecule has 1 atom stereocenters. The normalized spacial score (nSPS) is 19.6. The van der Waals surface area contributed by atoms with Crippen LogP contribution in [0.2, 0.25) is 0 Å². The Hall–Kier alpha value is -0.520. The van der Waals surface area contributed by atoms with Crippen LogP contribution < -0.4 is 0 Å². The molecule has 1 saturated heterocycles. The summed E-state index contributed by atoms with van der Waals surface area (Å²) in [6.07, 6.45) is 1.06. The minimum Gasteiger partial charge on any atom is -0.326 e. The van der Waals surface area contributed by atoms with Gasteiger partial charge >= 0.3 is 0 Å². The molecule has 5 heteroatoms. The highest BCUT2D eigenvalue weighted by molar-refractivity contribution is 8.00. The number of thioether (sulfide) groups is 1. The molecular formula is C14H22N2OS2. The van der Waals surface area contributed by atoms with Gasteiger partial charge in [-0.05, 0) is 48.4 Å². The van der Waals surface area contributed by atoms with Gasteiger partial charge in [-0.2, -0.15) is 11.3 Å². The summed E-state index contributed by atoms with van der Waals surface area (Å²) >= 11 is 3.46. The third-order valence-electron chi connectivity index (χ3n) is 3.56. The van der Waals surface area contributed by atoms with E-state index < -0.39 is 0 Å². The smallest absolute Gasteiger partial charge is 0.233 e. The van der Waals surface area contributed by atoms with Crippen molar-refractivity contribution in [2.75, 3.05) is 31.9 Å². The van der Waals surface area contributed by atoms with Gasteiger partial charge in [0.25, 0.3) is 0 Å². The van der Waals surface area contributed by atoms with Gasteiger partial charge < -0.3 is 9.80 Å². The van der Waals surface area contributed by atoms with Gasteiger partial charge in [-0.25, -0.2) is 0 Å². The predicted molar refractivity (Wildman–Crippen MR) is 83.6 cm³/mol. The number of hydrogen-bond acceptors (Lipinski definition) is 4. The molecule has 0 aromatic carbocycles. The monoisotopic (exact) mass is 298 g/mol. The van der Waals surface area contributed by atoms with Crippen molar-refractivity contribution in [1.82, 2.24) is 9.80 Å². The molecule has 0 aliphatic carbocycles. The van der Waals surface area contributed by atoms with Gasteiger partial charge in [0.2, 0.25) is 5.91 Å². The van der Waals surface area contributed by atoms with Gasteiger partial charge in [-0.15, -0.1) is 11.8 Å². The summed E-state index contributed by atoms with van der Waals surface area (Å²) in [7, 11) is 0. The van der Waals surface area contributed by atoms with Crippen LogP contribution in [-0.2, 0) is 4.79 Å². The molecule has 0 radical (unpaired) electrons. The molecule has 3 nitrogen and oxygen atoms in total. The largest absolute Gasteiger partial charge is 0.326 e. The van der Waals surface area contributed by atoms with Gasteiger partial charge in [0.05, 0.1) is 5.75 Å². The van der Waals surface area contributed by atoms with Crippen LogP contribution in [0, 0.1) is 0 Å². The van der Waals surface area contributed by atoms with Crippen molar-refractivity contribution in [3.8, 4) is 0 Å². The summed E-state index contributed by atoms with van der Waals surface area (Å²) in [5.74, 6) is 0.923. The minimum absolute atomic E-state index is 0.246. The van der Waals surface area contributed by atoms with Crippen LogP contribution in [0.4, 0.5) is 0 Å². The van der Waals surface area contributed by atoms with Crippen molar-refractivity contribution in [1.29, 1.82) is 0 Å². The first-order valence-electron chi connectivity index (χ1n) is 6.91. The molecule has 1 fully saturated rings. The van der Waals surface area contributed by atoms with Crippen LogP contribution in [0.5, 0.6) is 0 Å². The fraction of sp³-hybridized carbons (Fsp3) is 0.643. The fourth-order valence-electron chi connectivity index (χ4n) is 2.39. The summed E-state index contributed by atoms with van der Waals surface area (Å²) in [6.45, 7) is 8.52. The number of carbonyl (C=O) groups excluding carboxylic acids is 1. The second-order valence-electron chi connectivity index (χ2n) is 4.69. The number of rotatable bonds is 7. The zero-order valence-electron chi connectivity index (χ0n) is 11.7. The summed E-state index contributed by atoms with van der Waals surface area (Å²) in [5, 5.41) is 4.50. The minimum atomic E-state index is 0.246. The van der Waals surface area contributed by atoms with Crippen LogP contribution in [0.15, 0.2) is 16.8 Å². The van der Waals surface area contributed by atoms with E-state index in [-0.39, 0.29) is 5.37 Å². The van der Waals surface area contributed by atoms with Crippen LogP contribution in [0.3, 0.4) is 0 Å². The first-order chi connectivity index (χ1) is 9.26. The van der Waals surface area contributed by atoms with Gasteiger partial charge in [0.15, 0.2) is 0 Å². The van der Waals surface area contributed by atoms with Crippen LogP contribution in [0.1, 0.15) is 31.2 Å². The zero-order chi connectivity index (χ0) is 13.7. The van der Waals surface area contributed by atoms with E-state index in [1.807, 2.05) is 0 Å². The lowest BCUT2D eigenvalue weighted by atomic mass is 10.2. The summed E-state index contributed by atoms with van der Waals surface area (Å²) in [6, 6.07) is 2.14. The molecule has 1 aromatic heterocycles. The van der Waals surface area contributed by atoms with Crippen molar-refractivity contribution < 1.29 is 4.79 Å². The van der Waals surface area contributed by atoms with Gasteiger partial charge in [-0.3, -0.25) is 4.79 Å². The third kappa shape index (κ3) is 3.74. The van der Waals surface area contributed by atoms with Gasteiger partial charge in [0, 0.05) is 6.54 Å². The molecular weight excluding hydrogens is 276 g/mol. The molecule has 1 aliphatic rings. The summed E-state index contributed by atoms with van der Waals surface area (Å²) in [4.78, 5) is 16.5. The Bertz CT molecular complexity index is 390. The van der Waals surface area contributed by atoms with Crippen LogP contribution >= 0.6 is 23.1 Å². The van der Waals surface area contributed by atoms with E-state index >= 15 is 0 Å². The average molecular weight is 298 g/mol. The van der Waals surface area contributed by atoms with E-state index in [0.29, 0.717) is 11.7 Å². The molecule has 0 bridgehead atoms. The second kappa shape index (κ2) is 7.31. The highest BCUT2D eigenvalue weighted by Crippen LogP contribution is 2.39. The first-order valence-corrected chi connectivity index (χ1v) is 8.91. The number of nitrogens with zero attached hydrogens (tertiary/aromatic N) is 2. The SMILES string of the molecule is CCN(CC)CCCN1C(=O)CSC1c1ccsc1. The molecule has 0 saturated carbocycles. The van der Waals surface area contributed by atoms with E-state index in [9.17, 15) is 4.79 Å². The Labute approximate surface area is 124 Å². The van der Waals surface area contributed by atoms with Crippen LogP contribution in [-0.4, -0.2) is 47.6 Å². The fourth-order valence-corrected chi connectivity index (χ4v) is 4.37. The van der Waals surface area contributed by atoms with E-state index in [1.54, 1.807) is 23.1 Å². The van der Waals surface area contributed by atoms with Crippen molar-refractivity contribution in [2.45, 2.75) is 25.6 Å². The maximum atomic E-state index is 12.0. The van der Waals surface area contributed by atoms with E-state index in [0.717, 1.165) is 32.6 Å². The molecule has 106 valence electrons. The van der Waals surface area contributed by atoms with Crippen molar-refractivity contribution in [3.63, 3.8) is 0 Å². The maximum absolute atomic E-state index is 12.0. The van der Waals surface area contributed by atoms with E-state index in [2.05, 4.69) is 40.5 Å². The Kier molecular flexibility index (Phi) is 5.73. The van der Waals surface area contributed by atoms with Crippen molar-refractivity contribution in [2.24, 2.45) is 0 Å². The highest BCUT2D eigenvalue weighted by Gasteiger charge is 2.32. The van der Waals surface area contributed by atoms with Crippen molar-refractivity contribution >= 4 is 29.0 Å². The highest BCUT2D eigenvalue weighted by atomic mass is 32.2. The average Bonchev–Trinajstić information content (AvgIpc) is 3.05. The molecule has 1 aliphatic heterocycles. The Morgan fingerprint density at radius 2 is 2.21 bits per heavy atom. The standard InChI is InChI=1S/C14H22N2OS2/c1-3-15(4-2)7-5-8-16-13(17)11-19-14(16)12-6-9-18-10-12/h6,9-10,14H,3-5,7-8,11H2,1-2H3. The summed E-state index contributed by atoms with van der Waals surface area (Å²) in [5.41, 5.74) is 1.28. The third-order valence-corrected chi connectivity index (χ3v) is 5.52. The number of hydrogen-bond donors (Lipinski definition) is 0. The Morgan fingerprint density at radius 3 is 2.84 bits per heavy atom. The molecule has 0 spiro atoms. The zero-order valence-corrected chi connectivity index (χ0v) is 13.3. The van der Waals surface area contributed by atoms with Gasteiger partial charge in [-0.1, -0.05) is 13.8 Å². The molecule has 2 rings (SSSR count). The molecule has 1 aromatic rings.